The molecule has 0 aliphatic carbocycles. The van der Waals surface area contributed by atoms with Crippen molar-refractivity contribution in [2.24, 2.45) is 5.92 Å². The van der Waals surface area contributed by atoms with Crippen LogP contribution < -0.4 is 15.5 Å². The lowest BCUT2D eigenvalue weighted by Crippen LogP contribution is -2.49. The summed E-state index contributed by atoms with van der Waals surface area (Å²) in [4.78, 5) is 35.9. The number of nitrogens with zero attached hydrogens (tertiary/aromatic N) is 4. The minimum atomic E-state index is -0.797. The first-order chi connectivity index (χ1) is 13.1. The quantitative estimate of drug-likeness (QED) is 0.688. The van der Waals surface area contributed by atoms with Gasteiger partial charge in [0.2, 0.25) is 0 Å². The average molecular weight is 376 g/mol. The number of carbonyl (C=O) groups is 2. The molecule has 1 aromatic rings. The van der Waals surface area contributed by atoms with Crippen molar-refractivity contribution in [1.29, 1.82) is 0 Å². The van der Waals surface area contributed by atoms with Crippen LogP contribution in [-0.4, -0.2) is 71.2 Å². The molecule has 3 heterocycles. The number of piperidine rings is 1. The Hall–Kier alpha value is -2.58. The highest BCUT2D eigenvalue weighted by Gasteiger charge is 2.29. The molecular weight excluding hydrogens is 348 g/mol. The summed E-state index contributed by atoms with van der Waals surface area (Å²) in [6.45, 7) is 2.67. The molecule has 2 saturated heterocycles. The van der Waals surface area contributed by atoms with Crippen molar-refractivity contribution >= 4 is 23.6 Å². The predicted molar refractivity (Wildman–Crippen MR) is 102 cm³/mol. The van der Waals surface area contributed by atoms with Crippen LogP contribution in [0.25, 0.3) is 0 Å². The Labute approximate surface area is 159 Å². The first kappa shape index (κ1) is 19.2. The molecule has 3 rings (SSSR count). The Morgan fingerprint density at radius 3 is 2.85 bits per heavy atom. The molecule has 2 fully saturated rings. The lowest BCUT2D eigenvalue weighted by molar-refractivity contribution is -0.138. The third-order valence-electron chi connectivity index (χ3n) is 5.34. The van der Waals surface area contributed by atoms with Crippen LogP contribution in [-0.2, 0) is 4.79 Å². The molecular formula is C18H28N6O3. The van der Waals surface area contributed by atoms with Gasteiger partial charge < -0.3 is 25.5 Å². The molecule has 9 heteroatoms. The highest BCUT2D eigenvalue weighted by molar-refractivity contribution is 5.74. The van der Waals surface area contributed by atoms with E-state index in [9.17, 15) is 9.59 Å². The van der Waals surface area contributed by atoms with Gasteiger partial charge in [-0.15, -0.1) is 0 Å². The van der Waals surface area contributed by atoms with Gasteiger partial charge in [0.1, 0.15) is 18.0 Å². The van der Waals surface area contributed by atoms with E-state index < -0.39 is 5.97 Å². The van der Waals surface area contributed by atoms with E-state index in [4.69, 9.17) is 5.11 Å². The molecule has 0 spiro atoms. The summed E-state index contributed by atoms with van der Waals surface area (Å²) in [6.07, 6.45) is 5.46. The molecule has 2 atom stereocenters. The van der Waals surface area contributed by atoms with Gasteiger partial charge in [-0.25, -0.2) is 14.8 Å². The van der Waals surface area contributed by atoms with Gasteiger partial charge in [-0.05, 0) is 31.6 Å². The average Bonchev–Trinajstić information content (AvgIpc) is 3.14. The monoisotopic (exact) mass is 376 g/mol. The van der Waals surface area contributed by atoms with Crippen molar-refractivity contribution in [2.75, 3.05) is 43.4 Å². The number of anilines is 2. The first-order valence-corrected chi connectivity index (χ1v) is 9.58. The van der Waals surface area contributed by atoms with Crippen molar-refractivity contribution in [3.8, 4) is 0 Å². The molecule has 2 aliphatic rings. The van der Waals surface area contributed by atoms with Crippen molar-refractivity contribution in [2.45, 2.75) is 38.1 Å². The Morgan fingerprint density at radius 2 is 2.07 bits per heavy atom. The van der Waals surface area contributed by atoms with Crippen LogP contribution in [0.3, 0.4) is 0 Å². The van der Waals surface area contributed by atoms with Gasteiger partial charge >= 0.3 is 12.0 Å². The maximum absolute atomic E-state index is 12.5. The van der Waals surface area contributed by atoms with Crippen molar-refractivity contribution < 1.29 is 14.7 Å². The largest absolute Gasteiger partial charge is 0.481 e. The Balaban J connectivity index is 1.53. The van der Waals surface area contributed by atoms with E-state index in [2.05, 4.69) is 25.5 Å². The molecule has 2 aliphatic heterocycles. The number of carbonyl (C=O) groups excluding carboxylic acids is 1. The van der Waals surface area contributed by atoms with Gasteiger partial charge in [-0.1, -0.05) is 0 Å². The third kappa shape index (κ3) is 4.99. The van der Waals surface area contributed by atoms with Gasteiger partial charge in [0.15, 0.2) is 0 Å². The summed E-state index contributed by atoms with van der Waals surface area (Å²) in [5, 5.41) is 15.0. The first-order valence-electron chi connectivity index (χ1n) is 9.58. The number of likely N-dealkylation sites (tertiary alicyclic amines) is 1. The van der Waals surface area contributed by atoms with Gasteiger partial charge in [-0.2, -0.15) is 0 Å². The van der Waals surface area contributed by atoms with Crippen LogP contribution in [0.15, 0.2) is 12.4 Å². The zero-order valence-electron chi connectivity index (χ0n) is 15.7. The van der Waals surface area contributed by atoms with Gasteiger partial charge in [0, 0.05) is 51.8 Å². The number of aliphatic carboxylic acids is 1. The maximum Gasteiger partial charge on any atom is 0.317 e. The van der Waals surface area contributed by atoms with Crippen LogP contribution in [0.5, 0.6) is 0 Å². The standard InChI is InChI=1S/C18H28N6O3/c1-19-15-9-16(22-12-21-15)24-7-3-5-14(24)10-20-18(27)23-6-2-4-13(11-23)8-17(25)26/h9,12-14H,2-8,10-11H2,1H3,(H,20,27)(H,25,26)(H,19,21,22). The predicted octanol–water partition coefficient (Wildman–Crippen LogP) is 1.38. The number of aromatic nitrogens is 2. The number of urea groups is 1. The number of nitrogens with one attached hydrogen (secondary N) is 2. The zero-order valence-corrected chi connectivity index (χ0v) is 15.7. The molecule has 148 valence electrons. The Morgan fingerprint density at radius 1 is 1.26 bits per heavy atom. The van der Waals surface area contributed by atoms with Gasteiger partial charge in [0.25, 0.3) is 0 Å². The Kier molecular flexibility index (Phi) is 6.31. The van der Waals surface area contributed by atoms with E-state index in [0.29, 0.717) is 19.6 Å². The topological polar surface area (TPSA) is 111 Å². The summed E-state index contributed by atoms with van der Waals surface area (Å²) in [5.74, 6) is 0.888. The molecule has 9 nitrogen and oxygen atoms in total. The number of carboxylic acid groups (broad SMARTS) is 1. The zero-order chi connectivity index (χ0) is 19.2. The number of hydrogen-bond donors (Lipinski definition) is 3. The third-order valence-corrected chi connectivity index (χ3v) is 5.34. The summed E-state index contributed by atoms with van der Waals surface area (Å²) in [5.41, 5.74) is 0. The number of carboxylic acids is 1. The van der Waals surface area contributed by atoms with Gasteiger partial charge in [-0.3, -0.25) is 4.79 Å². The highest BCUT2D eigenvalue weighted by Crippen LogP contribution is 2.25. The van der Waals surface area contributed by atoms with E-state index in [1.165, 1.54) is 0 Å². The van der Waals surface area contributed by atoms with Crippen molar-refractivity contribution in [3.05, 3.63) is 12.4 Å². The minimum absolute atomic E-state index is 0.0472. The molecule has 1 aromatic heterocycles. The van der Waals surface area contributed by atoms with Crippen molar-refractivity contribution in [1.82, 2.24) is 20.2 Å². The second kappa shape index (κ2) is 8.88. The van der Waals surface area contributed by atoms with E-state index in [1.807, 2.05) is 13.1 Å². The molecule has 0 bridgehead atoms. The van der Waals surface area contributed by atoms with Crippen molar-refractivity contribution in [3.63, 3.8) is 0 Å². The lowest BCUT2D eigenvalue weighted by Gasteiger charge is -2.33. The maximum atomic E-state index is 12.5. The molecule has 2 unspecified atom stereocenters. The van der Waals surface area contributed by atoms with Crippen LogP contribution in [0.2, 0.25) is 0 Å². The van der Waals surface area contributed by atoms with E-state index in [1.54, 1.807) is 11.2 Å². The number of amides is 2. The fourth-order valence-corrected chi connectivity index (χ4v) is 3.97. The SMILES string of the molecule is CNc1cc(N2CCCC2CNC(=O)N2CCCC(CC(=O)O)C2)ncn1. The molecule has 0 aromatic carbocycles. The van der Waals surface area contributed by atoms with E-state index >= 15 is 0 Å². The lowest BCUT2D eigenvalue weighted by atomic mass is 9.95. The van der Waals surface area contributed by atoms with Crippen LogP contribution in [0.1, 0.15) is 32.1 Å². The van der Waals surface area contributed by atoms with E-state index in [0.717, 1.165) is 43.9 Å². The van der Waals surface area contributed by atoms with Crippen LogP contribution in [0, 0.1) is 5.92 Å². The summed E-state index contributed by atoms with van der Waals surface area (Å²) in [6, 6.07) is 2.02. The summed E-state index contributed by atoms with van der Waals surface area (Å²) in [7, 11) is 1.82. The fourth-order valence-electron chi connectivity index (χ4n) is 3.97. The Bertz CT molecular complexity index is 670. The molecule has 2 amide bonds. The molecule has 3 N–H and O–H groups in total. The fraction of sp³-hybridized carbons (Fsp3) is 0.667. The normalized spacial score (nSPS) is 22.6. The smallest absolute Gasteiger partial charge is 0.317 e. The molecule has 0 radical (unpaired) electrons. The molecule has 27 heavy (non-hydrogen) atoms. The second-order valence-electron chi connectivity index (χ2n) is 7.24. The minimum Gasteiger partial charge on any atom is -0.481 e. The summed E-state index contributed by atoms with van der Waals surface area (Å²) >= 11 is 0. The highest BCUT2D eigenvalue weighted by atomic mass is 16.4. The van der Waals surface area contributed by atoms with Crippen LogP contribution >= 0.6 is 0 Å². The number of rotatable bonds is 6. The number of hydrogen-bond acceptors (Lipinski definition) is 6. The van der Waals surface area contributed by atoms with E-state index in [-0.39, 0.29) is 24.4 Å². The van der Waals surface area contributed by atoms with Gasteiger partial charge in [0.05, 0.1) is 0 Å². The van der Waals surface area contributed by atoms with Crippen LogP contribution in [0.4, 0.5) is 16.4 Å². The molecule has 0 saturated carbocycles. The summed E-state index contributed by atoms with van der Waals surface area (Å²) < 4.78 is 0. The second-order valence-corrected chi connectivity index (χ2v) is 7.24.